The van der Waals surface area contributed by atoms with Gasteiger partial charge in [-0.3, -0.25) is 29.4 Å². The lowest BCUT2D eigenvalue weighted by Gasteiger charge is -2.28. The van der Waals surface area contributed by atoms with Crippen molar-refractivity contribution in [2.24, 2.45) is 23.7 Å². The molecule has 3 amide bonds. The highest BCUT2D eigenvalue weighted by Gasteiger charge is 2.60. The lowest BCUT2D eigenvalue weighted by Crippen LogP contribution is -2.38. The summed E-state index contributed by atoms with van der Waals surface area (Å²) in [5.74, 6) is -2.63. The van der Waals surface area contributed by atoms with Gasteiger partial charge in [0.05, 0.1) is 42.0 Å². The minimum Gasteiger partial charge on any atom is -0.495 e. The maximum atomic E-state index is 14.1. The van der Waals surface area contributed by atoms with Crippen molar-refractivity contribution in [2.45, 2.75) is 18.9 Å². The van der Waals surface area contributed by atoms with Gasteiger partial charge in [0.2, 0.25) is 17.7 Å². The van der Waals surface area contributed by atoms with Crippen LogP contribution >= 0.6 is 0 Å². The number of allylic oxidation sites excluding steroid dienone is 2. The summed E-state index contributed by atoms with van der Waals surface area (Å²) >= 11 is 0. The van der Waals surface area contributed by atoms with Crippen LogP contribution in [-0.2, 0) is 14.4 Å². The molecule has 0 spiro atoms. The van der Waals surface area contributed by atoms with Crippen LogP contribution in [0.4, 0.5) is 15.8 Å². The van der Waals surface area contributed by atoms with E-state index in [0.717, 1.165) is 17.4 Å². The largest absolute Gasteiger partial charge is 0.495 e. The lowest BCUT2D eigenvalue weighted by atomic mass is 9.85. The summed E-state index contributed by atoms with van der Waals surface area (Å²) in [6, 6.07) is 8.19. The summed E-state index contributed by atoms with van der Waals surface area (Å²) < 4.78 is 19.3. The summed E-state index contributed by atoms with van der Waals surface area (Å²) in [5, 5.41) is 13.7. The van der Waals surface area contributed by atoms with Crippen molar-refractivity contribution in [3.05, 3.63) is 76.1 Å². The van der Waals surface area contributed by atoms with Gasteiger partial charge in [0, 0.05) is 12.1 Å². The number of nitrogens with zero attached hydrogens (tertiary/aromatic N) is 2. The molecule has 5 atom stereocenters. The van der Waals surface area contributed by atoms with Crippen LogP contribution in [-0.4, -0.2) is 34.7 Å². The number of nitro groups is 1. The number of non-ortho nitro benzene ring substituents is 1. The van der Waals surface area contributed by atoms with E-state index in [1.165, 1.54) is 37.4 Å². The van der Waals surface area contributed by atoms with Crippen molar-refractivity contribution in [2.75, 3.05) is 12.4 Å². The third kappa shape index (κ3) is 3.84. The monoisotopic (exact) mass is 479 g/mol. The topological polar surface area (TPSA) is 119 Å². The molecule has 5 unspecified atom stereocenters. The Morgan fingerprint density at radius 1 is 1.17 bits per heavy atom. The van der Waals surface area contributed by atoms with Gasteiger partial charge in [-0.05, 0) is 42.0 Å². The van der Waals surface area contributed by atoms with E-state index < -0.39 is 34.5 Å². The Morgan fingerprint density at radius 2 is 1.86 bits per heavy atom. The molecule has 1 saturated heterocycles. The fraction of sp³-hybridized carbons (Fsp3) is 0.320. The second-order valence-corrected chi connectivity index (χ2v) is 9.01. The molecule has 1 N–H and O–H groups in total. The molecule has 0 aromatic heterocycles. The van der Waals surface area contributed by atoms with E-state index in [1.54, 1.807) is 6.07 Å². The van der Waals surface area contributed by atoms with E-state index in [-0.39, 0.29) is 47.2 Å². The normalized spacial score (nSPS) is 25.0. The molecule has 1 saturated carbocycles. The molecular weight excluding hydrogens is 457 g/mol. The number of carbonyl (C=O) groups excluding carboxylic acids is 3. The molecule has 2 bridgehead atoms. The predicted octanol–water partition coefficient (Wildman–Crippen LogP) is 3.62. The van der Waals surface area contributed by atoms with Crippen LogP contribution in [0, 0.1) is 39.6 Å². The summed E-state index contributed by atoms with van der Waals surface area (Å²) in [5.41, 5.74) is 0.138. The number of halogens is 1. The number of hydrogen-bond donors (Lipinski definition) is 1. The second-order valence-electron chi connectivity index (χ2n) is 9.01. The summed E-state index contributed by atoms with van der Waals surface area (Å²) in [7, 11) is 1.36. The standard InChI is InChI=1S/C25H22FN3O6/c1-35-20-8-7-17(29(33)34)11-18(20)27-21(30)12-19(13-3-2-4-16(26)10-13)28-24(31)22-14-5-6-15(9-14)23(22)25(28)32/h2-8,10-11,14-15,19,22-23H,9,12H2,1H3,(H,27,30). The fourth-order valence-corrected chi connectivity index (χ4v) is 5.59. The number of imide groups is 1. The second kappa shape index (κ2) is 8.61. The Kier molecular flexibility index (Phi) is 5.58. The number of anilines is 1. The van der Waals surface area contributed by atoms with Crippen molar-refractivity contribution in [3.8, 4) is 5.75 Å². The SMILES string of the molecule is COc1ccc([N+](=O)[O-])cc1NC(=O)CC(c1cccc(F)c1)N1C(=O)C2C3C=CC(C3)C2C1=O. The number of rotatable bonds is 7. The highest BCUT2D eigenvalue weighted by Crippen LogP contribution is 2.54. The van der Waals surface area contributed by atoms with E-state index >= 15 is 0 Å². The Balaban J connectivity index is 1.45. The maximum absolute atomic E-state index is 14.1. The first-order chi connectivity index (χ1) is 16.8. The summed E-state index contributed by atoms with van der Waals surface area (Å²) in [4.78, 5) is 51.6. The first-order valence-corrected chi connectivity index (χ1v) is 11.2. The zero-order valence-electron chi connectivity index (χ0n) is 18.7. The summed E-state index contributed by atoms with van der Waals surface area (Å²) in [6.07, 6.45) is 4.35. The van der Waals surface area contributed by atoms with Gasteiger partial charge >= 0.3 is 0 Å². The van der Waals surface area contributed by atoms with E-state index in [0.29, 0.717) is 5.56 Å². The van der Waals surface area contributed by atoms with Crippen LogP contribution in [0.25, 0.3) is 0 Å². The van der Waals surface area contributed by atoms with Crippen molar-refractivity contribution >= 4 is 29.1 Å². The molecule has 0 radical (unpaired) electrons. The van der Waals surface area contributed by atoms with Crippen LogP contribution in [0.15, 0.2) is 54.6 Å². The molecule has 9 nitrogen and oxygen atoms in total. The van der Waals surface area contributed by atoms with Gasteiger partial charge in [0.15, 0.2) is 0 Å². The minimum absolute atomic E-state index is 0.0115. The van der Waals surface area contributed by atoms with Gasteiger partial charge in [-0.25, -0.2) is 4.39 Å². The molecule has 35 heavy (non-hydrogen) atoms. The average Bonchev–Trinajstić information content (AvgIpc) is 3.51. The number of hydrogen-bond acceptors (Lipinski definition) is 6. The molecule has 2 aromatic rings. The Hall–Kier alpha value is -4.08. The molecule has 2 fully saturated rings. The number of nitro benzene ring substituents is 1. The first-order valence-electron chi connectivity index (χ1n) is 11.2. The molecule has 2 aromatic carbocycles. The molecule has 3 aliphatic rings. The molecule has 5 rings (SSSR count). The number of fused-ring (bicyclic) bond motifs is 5. The van der Waals surface area contributed by atoms with Crippen molar-refractivity contribution in [1.82, 2.24) is 4.90 Å². The minimum atomic E-state index is -1.03. The molecule has 2 aliphatic carbocycles. The van der Waals surface area contributed by atoms with Gasteiger partial charge in [-0.15, -0.1) is 0 Å². The lowest BCUT2D eigenvalue weighted by molar-refractivity contribution is -0.384. The number of likely N-dealkylation sites (tertiary alicyclic amines) is 1. The Labute approximate surface area is 199 Å². The fourth-order valence-electron chi connectivity index (χ4n) is 5.59. The third-order valence-corrected chi connectivity index (χ3v) is 7.10. The van der Waals surface area contributed by atoms with Crippen LogP contribution < -0.4 is 10.1 Å². The molecule has 1 heterocycles. The molecule has 1 aliphatic heterocycles. The highest BCUT2D eigenvalue weighted by atomic mass is 19.1. The number of methoxy groups -OCH3 is 1. The van der Waals surface area contributed by atoms with Gasteiger partial charge in [0.1, 0.15) is 11.6 Å². The zero-order valence-corrected chi connectivity index (χ0v) is 18.7. The van der Waals surface area contributed by atoms with Crippen LogP contribution in [0.2, 0.25) is 0 Å². The number of benzene rings is 2. The van der Waals surface area contributed by atoms with E-state index in [4.69, 9.17) is 4.74 Å². The summed E-state index contributed by atoms with van der Waals surface area (Å²) in [6.45, 7) is 0. The van der Waals surface area contributed by atoms with Crippen molar-refractivity contribution < 1.29 is 28.4 Å². The highest BCUT2D eigenvalue weighted by molar-refractivity contribution is 6.07. The maximum Gasteiger partial charge on any atom is 0.271 e. The van der Waals surface area contributed by atoms with Gasteiger partial charge in [-0.2, -0.15) is 0 Å². The van der Waals surface area contributed by atoms with E-state index in [1.807, 2.05) is 12.2 Å². The molecule has 180 valence electrons. The first kappa shape index (κ1) is 22.7. The number of nitrogens with one attached hydrogen (secondary N) is 1. The third-order valence-electron chi connectivity index (χ3n) is 7.10. The van der Waals surface area contributed by atoms with Gasteiger partial charge in [-0.1, -0.05) is 24.3 Å². The number of ether oxygens (including phenoxy) is 1. The smallest absolute Gasteiger partial charge is 0.271 e. The van der Waals surface area contributed by atoms with Crippen molar-refractivity contribution in [1.29, 1.82) is 0 Å². The Morgan fingerprint density at radius 3 is 2.46 bits per heavy atom. The quantitative estimate of drug-likeness (QED) is 0.280. The van der Waals surface area contributed by atoms with E-state index in [2.05, 4.69) is 5.32 Å². The van der Waals surface area contributed by atoms with Gasteiger partial charge < -0.3 is 10.1 Å². The average molecular weight is 479 g/mol. The van der Waals surface area contributed by atoms with Crippen LogP contribution in [0.5, 0.6) is 5.75 Å². The number of carbonyl (C=O) groups is 3. The molecular formula is C25H22FN3O6. The predicted molar refractivity (Wildman–Crippen MR) is 122 cm³/mol. The van der Waals surface area contributed by atoms with Gasteiger partial charge in [0.25, 0.3) is 5.69 Å². The zero-order chi connectivity index (χ0) is 24.9. The van der Waals surface area contributed by atoms with Crippen LogP contribution in [0.1, 0.15) is 24.4 Å². The number of amides is 3. The Bertz CT molecular complexity index is 1250. The van der Waals surface area contributed by atoms with Crippen LogP contribution in [0.3, 0.4) is 0 Å². The molecule has 10 heteroatoms. The van der Waals surface area contributed by atoms with Crippen molar-refractivity contribution in [3.63, 3.8) is 0 Å². The van der Waals surface area contributed by atoms with E-state index in [9.17, 15) is 28.9 Å².